The lowest BCUT2D eigenvalue weighted by Gasteiger charge is -2.24. The van der Waals surface area contributed by atoms with Gasteiger partial charge in [-0.25, -0.2) is 14.5 Å². The maximum Gasteiger partial charge on any atom is 0.358 e. The van der Waals surface area contributed by atoms with Gasteiger partial charge in [0, 0.05) is 18.9 Å². The summed E-state index contributed by atoms with van der Waals surface area (Å²) in [4.78, 5) is 16.5. The van der Waals surface area contributed by atoms with Gasteiger partial charge in [-0.15, -0.1) is 0 Å². The van der Waals surface area contributed by atoms with E-state index < -0.39 is 5.97 Å². The van der Waals surface area contributed by atoms with Gasteiger partial charge < -0.3 is 18.9 Å². The lowest BCUT2D eigenvalue weighted by Crippen LogP contribution is -2.20. The second-order valence-electron chi connectivity index (χ2n) is 6.06. The van der Waals surface area contributed by atoms with Crippen molar-refractivity contribution in [3.63, 3.8) is 0 Å². The highest BCUT2D eigenvalue weighted by Gasteiger charge is 2.25. The van der Waals surface area contributed by atoms with Gasteiger partial charge in [-0.2, -0.15) is 5.10 Å². The Balaban J connectivity index is 2.05. The number of ether oxygens (including phenoxy) is 4. The lowest BCUT2D eigenvalue weighted by molar-refractivity contribution is -0.0386. The van der Waals surface area contributed by atoms with E-state index in [1.165, 1.54) is 0 Å². The number of carbonyl (C=O) groups is 1. The van der Waals surface area contributed by atoms with Crippen molar-refractivity contribution in [1.82, 2.24) is 14.8 Å². The van der Waals surface area contributed by atoms with Crippen molar-refractivity contribution in [1.29, 1.82) is 0 Å². The summed E-state index contributed by atoms with van der Waals surface area (Å²) in [5.41, 5.74) is 1.63. The van der Waals surface area contributed by atoms with Crippen LogP contribution in [0.15, 0.2) is 18.3 Å². The average molecular weight is 375 g/mol. The maximum atomic E-state index is 12.2. The first-order valence-corrected chi connectivity index (χ1v) is 9.23. The Labute approximate surface area is 158 Å². The van der Waals surface area contributed by atoms with E-state index in [2.05, 4.69) is 10.1 Å². The molecular formula is C19H25N3O5. The molecule has 1 aliphatic heterocycles. The number of hydrogen-bond donors (Lipinski definition) is 0. The number of nitrogens with zero attached hydrogens (tertiary/aromatic N) is 3. The Bertz CT molecular complexity index is 784. The molecule has 27 heavy (non-hydrogen) atoms. The van der Waals surface area contributed by atoms with E-state index in [1.54, 1.807) is 37.0 Å². The molecule has 8 nitrogen and oxygen atoms in total. The first kappa shape index (κ1) is 19.2. The van der Waals surface area contributed by atoms with Crippen LogP contribution in [0.1, 0.15) is 49.8 Å². The fourth-order valence-corrected chi connectivity index (χ4v) is 3.04. The van der Waals surface area contributed by atoms with Crippen molar-refractivity contribution in [2.75, 3.05) is 26.9 Å². The topological polar surface area (TPSA) is 84.7 Å². The van der Waals surface area contributed by atoms with Gasteiger partial charge in [0.05, 0.1) is 31.6 Å². The predicted molar refractivity (Wildman–Crippen MR) is 98.0 cm³/mol. The Morgan fingerprint density at radius 3 is 2.81 bits per heavy atom. The highest BCUT2D eigenvalue weighted by atomic mass is 16.5. The van der Waals surface area contributed by atoms with Crippen molar-refractivity contribution in [2.24, 2.45) is 0 Å². The molecule has 0 radical (unpaired) electrons. The van der Waals surface area contributed by atoms with E-state index in [-0.39, 0.29) is 18.5 Å². The molecule has 146 valence electrons. The molecule has 0 spiro atoms. The van der Waals surface area contributed by atoms with E-state index >= 15 is 0 Å². The molecule has 1 fully saturated rings. The van der Waals surface area contributed by atoms with Crippen molar-refractivity contribution in [2.45, 2.75) is 39.3 Å². The minimum atomic E-state index is -0.467. The lowest BCUT2D eigenvalue weighted by atomic mass is 10.1. The van der Waals surface area contributed by atoms with E-state index in [9.17, 15) is 4.79 Å². The van der Waals surface area contributed by atoms with Gasteiger partial charge >= 0.3 is 5.97 Å². The summed E-state index contributed by atoms with van der Waals surface area (Å²) in [6, 6.07) is 3.41. The second kappa shape index (κ2) is 8.85. The quantitative estimate of drug-likeness (QED) is 0.687. The minimum Gasteiger partial charge on any atom is -0.496 e. The molecule has 0 aromatic carbocycles. The van der Waals surface area contributed by atoms with Crippen LogP contribution in [0.4, 0.5) is 0 Å². The standard InChI is InChI=1S/C19H25N3O5/c1-4-25-17-11-16(24-3)13(12-20-17)15-10-14(19(23)26-5-2)21-22(15)18-8-6-7-9-27-18/h10-12,18H,4-9H2,1-3H3. The Hall–Kier alpha value is -2.61. The number of esters is 1. The van der Waals surface area contributed by atoms with Crippen LogP contribution in [0, 0.1) is 0 Å². The molecule has 0 amide bonds. The van der Waals surface area contributed by atoms with E-state index in [1.807, 2.05) is 6.92 Å². The summed E-state index contributed by atoms with van der Waals surface area (Å²) in [5, 5.41) is 4.47. The van der Waals surface area contributed by atoms with Gasteiger partial charge in [0.25, 0.3) is 0 Å². The Morgan fingerprint density at radius 2 is 2.15 bits per heavy atom. The number of aromatic nitrogens is 3. The molecule has 0 bridgehead atoms. The highest BCUT2D eigenvalue weighted by molar-refractivity contribution is 5.89. The smallest absolute Gasteiger partial charge is 0.358 e. The largest absolute Gasteiger partial charge is 0.496 e. The molecule has 3 rings (SSSR count). The molecule has 1 atom stereocenters. The van der Waals surface area contributed by atoms with Gasteiger partial charge in [-0.05, 0) is 39.2 Å². The maximum absolute atomic E-state index is 12.2. The van der Waals surface area contributed by atoms with E-state index in [4.69, 9.17) is 18.9 Å². The third kappa shape index (κ3) is 4.21. The molecule has 0 aliphatic carbocycles. The summed E-state index contributed by atoms with van der Waals surface area (Å²) in [6.07, 6.45) is 4.30. The molecule has 0 saturated carbocycles. The molecule has 1 saturated heterocycles. The summed E-state index contributed by atoms with van der Waals surface area (Å²) >= 11 is 0. The molecule has 2 aromatic heterocycles. The molecule has 3 heterocycles. The third-order valence-electron chi connectivity index (χ3n) is 4.28. The zero-order valence-electron chi connectivity index (χ0n) is 15.9. The highest BCUT2D eigenvalue weighted by Crippen LogP contribution is 2.35. The van der Waals surface area contributed by atoms with Crippen LogP contribution >= 0.6 is 0 Å². The number of carbonyl (C=O) groups excluding carboxylic acids is 1. The van der Waals surface area contributed by atoms with Crippen LogP contribution in [-0.4, -0.2) is 47.7 Å². The Kier molecular flexibility index (Phi) is 6.28. The molecule has 1 unspecified atom stereocenters. The zero-order chi connectivity index (χ0) is 19.2. The van der Waals surface area contributed by atoms with Crippen LogP contribution < -0.4 is 9.47 Å². The second-order valence-corrected chi connectivity index (χ2v) is 6.06. The van der Waals surface area contributed by atoms with Gasteiger partial charge in [0.1, 0.15) is 5.75 Å². The molecule has 2 aromatic rings. The number of methoxy groups -OCH3 is 1. The van der Waals surface area contributed by atoms with Crippen LogP contribution in [0.25, 0.3) is 11.3 Å². The van der Waals surface area contributed by atoms with Crippen LogP contribution in [-0.2, 0) is 9.47 Å². The van der Waals surface area contributed by atoms with Gasteiger partial charge in [0.15, 0.2) is 11.9 Å². The molecular weight excluding hydrogens is 350 g/mol. The Morgan fingerprint density at radius 1 is 1.30 bits per heavy atom. The summed E-state index contributed by atoms with van der Waals surface area (Å²) in [6.45, 7) is 5.12. The fraction of sp³-hybridized carbons (Fsp3) is 0.526. The number of pyridine rings is 1. The number of rotatable bonds is 7. The predicted octanol–water partition coefficient (Wildman–Crippen LogP) is 3.23. The first-order valence-electron chi connectivity index (χ1n) is 9.23. The van der Waals surface area contributed by atoms with Gasteiger partial charge in [-0.3, -0.25) is 0 Å². The monoisotopic (exact) mass is 375 g/mol. The van der Waals surface area contributed by atoms with E-state index in [0.29, 0.717) is 36.1 Å². The summed E-state index contributed by atoms with van der Waals surface area (Å²) in [7, 11) is 1.58. The van der Waals surface area contributed by atoms with Crippen LogP contribution in [0.5, 0.6) is 11.6 Å². The van der Waals surface area contributed by atoms with Gasteiger partial charge in [-0.1, -0.05) is 0 Å². The van der Waals surface area contributed by atoms with Crippen molar-refractivity contribution in [3.8, 4) is 22.9 Å². The summed E-state index contributed by atoms with van der Waals surface area (Å²) < 4.78 is 23.7. The zero-order valence-corrected chi connectivity index (χ0v) is 15.9. The number of hydrogen-bond acceptors (Lipinski definition) is 7. The minimum absolute atomic E-state index is 0.233. The molecule has 8 heteroatoms. The van der Waals surface area contributed by atoms with Crippen LogP contribution in [0.2, 0.25) is 0 Å². The normalized spacial score (nSPS) is 16.8. The summed E-state index contributed by atoms with van der Waals surface area (Å²) in [5.74, 6) is 0.593. The average Bonchev–Trinajstić information content (AvgIpc) is 3.14. The molecule has 1 aliphatic rings. The third-order valence-corrected chi connectivity index (χ3v) is 4.28. The van der Waals surface area contributed by atoms with Crippen molar-refractivity contribution in [3.05, 3.63) is 24.0 Å². The fourth-order valence-electron chi connectivity index (χ4n) is 3.04. The van der Waals surface area contributed by atoms with Crippen LogP contribution in [0.3, 0.4) is 0 Å². The van der Waals surface area contributed by atoms with Crippen molar-refractivity contribution >= 4 is 5.97 Å². The molecule has 0 N–H and O–H groups in total. The first-order chi connectivity index (χ1) is 13.2. The SMILES string of the molecule is CCOC(=O)c1cc(-c2cnc(OCC)cc2OC)n(C2CCCCO2)n1. The van der Waals surface area contributed by atoms with Gasteiger partial charge in [0.2, 0.25) is 5.88 Å². The van der Waals surface area contributed by atoms with Crippen molar-refractivity contribution < 1.29 is 23.7 Å². The van der Waals surface area contributed by atoms with E-state index in [0.717, 1.165) is 19.3 Å².